The average molecular weight is 352 g/mol. The monoisotopic (exact) mass is 352 g/mol. The molecule has 4 nitrogen and oxygen atoms in total. The van der Waals surface area contributed by atoms with E-state index in [4.69, 9.17) is 9.31 Å². The molecule has 5 heteroatoms. The fourth-order valence-electron chi connectivity index (χ4n) is 4.00. The SMILES string of the molecule is Cc1cc(B2OC(C)(C)C(C)(C)O2)ccc1-n1cnc(C2CCCC2)c1. The lowest BCUT2D eigenvalue weighted by molar-refractivity contribution is 0.00578. The molecule has 1 aliphatic heterocycles. The van der Waals surface area contributed by atoms with E-state index in [-0.39, 0.29) is 18.3 Å². The third-order valence-corrected chi connectivity index (χ3v) is 6.40. The molecule has 26 heavy (non-hydrogen) atoms. The van der Waals surface area contributed by atoms with Crippen molar-refractivity contribution in [3.63, 3.8) is 0 Å². The van der Waals surface area contributed by atoms with Gasteiger partial charge in [0.2, 0.25) is 0 Å². The minimum Gasteiger partial charge on any atom is -0.399 e. The molecular weight excluding hydrogens is 323 g/mol. The van der Waals surface area contributed by atoms with Crippen LogP contribution >= 0.6 is 0 Å². The van der Waals surface area contributed by atoms with Crippen LogP contribution in [-0.2, 0) is 9.31 Å². The number of aromatic nitrogens is 2. The Kier molecular flexibility index (Phi) is 4.28. The number of benzene rings is 1. The summed E-state index contributed by atoms with van der Waals surface area (Å²) in [4.78, 5) is 4.67. The van der Waals surface area contributed by atoms with Crippen molar-refractivity contribution in [1.82, 2.24) is 9.55 Å². The maximum atomic E-state index is 6.18. The van der Waals surface area contributed by atoms with Gasteiger partial charge in [0.25, 0.3) is 0 Å². The first-order valence-electron chi connectivity index (χ1n) is 9.77. The van der Waals surface area contributed by atoms with E-state index >= 15 is 0 Å². The highest BCUT2D eigenvalue weighted by Crippen LogP contribution is 2.37. The average Bonchev–Trinajstić information content (AvgIpc) is 3.27. The van der Waals surface area contributed by atoms with Gasteiger partial charge in [-0.1, -0.05) is 25.0 Å². The zero-order chi connectivity index (χ0) is 18.5. The Labute approximate surface area is 157 Å². The summed E-state index contributed by atoms with van der Waals surface area (Å²) in [5.41, 5.74) is 4.04. The number of hydrogen-bond acceptors (Lipinski definition) is 3. The second-order valence-electron chi connectivity index (χ2n) is 8.82. The van der Waals surface area contributed by atoms with E-state index in [0.29, 0.717) is 5.92 Å². The molecule has 0 spiro atoms. The first-order valence-corrected chi connectivity index (χ1v) is 9.77. The zero-order valence-corrected chi connectivity index (χ0v) is 16.6. The lowest BCUT2D eigenvalue weighted by atomic mass is 9.78. The number of rotatable bonds is 3. The maximum Gasteiger partial charge on any atom is 0.494 e. The Morgan fingerprint density at radius 3 is 2.35 bits per heavy atom. The standard InChI is InChI=1S/C21H29BN2O2/c1-15-12-17(22-25-20(2,3)21(4,5)26-22)10-11-19(15)24-13-18(23-14-24)16-8-6-7-9-16/h10-14,16H,6-9H2,1-5H3. The van der Waals surface area contributed by atoms with E-state index in [1.54, 1.807) is 0 Å². The number of imidazole rings is 1. The molecule has 1 aliphatic carbocycles. The first-order chi connectivity index (χ1) is 12.3. The van der Waals surface area contributed by atoms with Crippen LogP contribution in [0.4, 0.5) is 0 Å². The van der Waals surface area contributed by atoms with Crippen molar-refractivity contribution in [3.05, 3.63) is 42.0 Å². The Balaban J connectivity index is 1.57. The predicted octanol–water partition coefficient (Wildman–Crippen LogP) is 4.14. The molecule has 0 unspecified atom stereocenters. The van der Waals surface area contributed by atoms with E-state index in [0.717, 1.165) is 5.46 Å². The quantitative estimate of drug-likeness (QED) is 0.779. The lowest BCUT2D eigenvalue weighted by Crippen LogP contribution is -2.41. The van der Waals surface area contributed by atoms with E-state index in [2.05, 4.69) is 68.6 Å². The van der Waals surface area contributed by atoms with Crippen LogP contribution in [0.25, 0.3) is 5.69 Å². The summed E-state index contributed by atoms with van der Waals surface area (Å²) >= 11 is 0. The molecule has 2 aliphatic rings. The van der Waals surface area contributed by atoms with E-state index < -0.39 is 0 Å². The van der Waals surface area contributed by atoms with Gasteiger partial charge in [0.1, 0.15) is 0 Å². The van der Waals surface area contributed by atoms with Crippen LogP contribution in [0, 0.1) is 6.92 Å². The van der Waals surface area contributed by atoms with Gasteiger partial charge in [-0.2, -0.15) is 0 Å². The third-order valence-electron chi connectivity index (χ3n) is 6.40. The van der Waals surface area contributed by atoms with Gasteiger partial charge in [0, 0.05) is 17.8 Å². The Morgan fingerprint density at radius 1 is 1.08 bits per heavy atom. The number of nitrogens with zero attached hydrogens (tertiary/aromatic N) is 2. The van der Waals surface area contributed by atoms with Crippen LogP contribution in [-0.4, -0.2) is 27.9 Å². The summed E-state index contributed by atoms with van der Waals surface area (Å²) in [6, 6.07) is 6.43. The minimum absolute atomic E-state index is 0.315. The van der Waals surface area contributed by atoms with E-state index in [1.165, 1.54) is 42.6 Å². The van der Waals surface area contributed by atoms with Gasteiger partial charge < -0.3 is 13.9 Å². The van der Waals surface area contributed by atoms with Crippen LogP contribution in [0.5, 0.6) is 0 Å². The van der Waals surface area contributed by atoms with Crippen LogP contribution < -0.4 is 5.46 Å². The normalized spacial score (nSPS) is 22.3. The van der Waals surface area contributed by atoms with Crippen LogP contribution in [0.2, 0.25) is 0 Å². The van der Waals surface area contributed by atoms with Crippen molar-refractivity contribution in [1.29, 1.82) is 0 Å². The highest BCUT2D eigenvalue weighted by molar-refractivity contribution is 6.62. The summed E-state index contributed by atoms with van der Waals surface area (Å²) < 4.78 is 14.5. The molecule has 1 saturated heterocycles. The topological polar surface area (TPSA) is 36.3 Å². The summed E-state index contributed by atoms with van der Waals surface area (Å²) in [6.07, 6.45) is 9.36. The van der Waals surface area contributed by atoms with E-state index in [9.17, 15) is 0 Å². The van der Waals surface area contributed by atoms with Crippen LogP contribution in [0.3, 0.4) is 0 Å². The molecular formula is C21H29BN2O2. The number of aryl methyl sites for hydroxylation is 1. The van der Waals surface area contributed by atoms with Gasteiger partial charge in [-0.05, 0) is 64.6 Å². The molecule has 138 valence electrons. The van der Waals surface area contributed by atoms with Gasteiger partial charge in [0.15, 0.2) is 0 Å². The maximum absolute atomic E-state index is 6.18. The minimum atomic E-state index is -0.315. The molecule has 0 atom stereocenters. The van der Waals surface area contributed by atoms with Crippen molar-refractivity contribution in [3.8, 4) is 5.69 Å². The highest BCUT2D eigenvalue weighted by atomic mass is 16.7. The van der Waals surface area contributed by atoms with Gasteiger partial charge in [-0.25, -0.2) is 4.98 Å². The van der Waals surface area contributed by atoms with Crippen molar-refractivity contribution < 1.29 is 9.31 Å². The number of hydrogen-bond donors (Lipinski definition) is 0. The molecule has 2 heterocycles. The second kappa shape index (κ2) is 6.24. The Hall–Kier alpha value is -1.59. The summed E-state index contributed by atoms with van der Waals surface area (Å²) in [5.74, 6) is 0.639. The fraction of sp³-hybridized carbons (Fsp3) is 0.571. The van der Waals surface area contributed by atoms with Gasteiger partial charge in [0.05, 0.1) is 23.2 Å². The molecule has 0 bridgehead atoms. The lowest BCUT2D eigenvalue weighted by Gasteiger charge is -2.32. The van der Waals surface area contributed by atoms with Crippen molar-refractivity contribution >= 4 is 12.6 Å². The van der Waals surface area contributed by atoms with E-state index in [1.807, 2.05) is 6.33 Å². The molecule has 4 rings (SSSR count). The summed E-state index contributed by atoms with van der Waals surface area (Å²) in [7, 11) is -0.315. The Morgan fingerprint density at radius 2 is 1.73 bits per heavy atom. The molecule has 1 saturated carbocycles. The summed E-state index contributed by atoms with van der Waals surface area (Å²) in [6.45, 7) is 10.5. The second-order valence-corrected chi connectivity index (χ2v) is 8.82. The largest absolute Gasteiger partial charge is 0.494 e. The predicted molar refractivity (Wildman–Crippen MR) is 105 cm³/mol. The van der Waals surface area contributed by atoms with Crippen molar-refractivity contribution in [2.45, 2.75) is 77.4 Å². The summed E-state index contributed by atoms with van der Waals surface area (Å²) in [5, 5.41) is 0. The molecule has 1 aromatic carbocycles. The molecule has 1 aromatic heterocycles. The van der Waals surface area contributed by atoms with Crippen LogP contribution in [0.15, 0.2) is 30.7 Å². The Bertz CT molecular complexity index is 790. The van der Waals surface area contributed by atoms with Crippen molar-refractivity contribution in [2.24, 2.45) is 0 Å². The molecule has 0 amide bonds. The molecule has 2 aromatic rings. The molecule has 2 fully saturated rings. The van der Waals surface area contributed by atoms with Crippen molar-refractivity contribution in [2.75, 3.05) is 0 Å². The smallest absolute Gasteiger partial charge is 0.399 e. The fourth-order valence-corrected chi connectivity index (χ4v) is 4.00. The highest BCUT2D eigenvalue weighted by Gasteiger charge is 2.51. The third kappa shape index (κ3) is 3.01. The van der Waals surface area contributed by atoms with Crippen LogP contribution in [0.1, 0.15) is 70.6 Å². The van der Waals surface area contributed by atoms with Gasteiger partial charge >= 0.3 is 7.12 Å². The van der Waals surface area contributed by atoms with Gasteiger partial charge in [-0.3, -0.25) is 0 Å². The zero-order valence-electron chi connectivity index (χ0n) is 16.6. The molecule has 0 radical (unpaired) electrons. The first kappa shape index (κ1) is 17.8. The van der Waals surface area contributed by atoms with Gasteiger partial charge in [-0.15, -0.1) is 0 Å². The molecule has 0 N–H and O–H groups in total.